The van der Waals surface area contributed by atoms with E-state index in [9.17, 15) is 9.50 Å². The molecule has 0 radical (unpaired) electrons. The minimum absolute atomic E-state index is 0.116. The third kappa shape index (κ3) is 3.18. The van der Waals surface area contributed by atoms with Crippen LogP contribution in [0.2, 0.25) is 5.02 Å². The van der Waals surface area contributed by atoms with Crippen LogP contribution in [0.3, 0.4) is 0 Å². The molecule has 84 valence electrons. The minimum Gasteiger partial charge on any atom is -0.358 e. The Bertz CT molecular complexity index is 336. The molecule has 1 nitrogen and oxygen atoms in total. The standard InChI is InChI=1S/C12H16ClFO/c1-3-4-7-12(14,15)11-8-10(13)6-5-9(11)2/h5-6,8,15H,3-4,7H2,1-2H3. The van der Waals surface area contributed by atoms with Crippen LogP contribution in [0.4, 0.5) is 4.39 Å². The molecule has 0 aromatic heterocycles. The van der Waals surface area contributed by atoms with Crippen molar-refractivity contribution < 1.29 is 9.50 Å². The lowest BCUT2D eigenvalue weighted by Crippen LogP contribution is -2.20. The number of halogens is 2. The van der Waals surface area contributed by atoms with Crippen molar-refractivity contribution in [2.24, 2.45) is 0 Å². The van der Waals surface area contributed by atoms with Gasteiger partial charge in [0.1, 0.15) is 0 Å². The quantitative estimate of drug-likeness (QED) is 0.830. The Morgan fingerprint density at radius 1 is 1.47 bits per heavy atom. The van der Waals surface area contributed by atoms with Crippen LogP contribution in [-0.2, 0) is 5.85 Å². The fraction of sp³-hybridized carbons (Fsp3) is 0.500. The Kier molecular flexibility index (Phi) is 4.12. The fourth-order valence-corrected chi connectivity index (χ4v) is 1.72. The van der Waals surface area contributed by atoms with Crippen LogP contribution >= 0.6 is 11.6 Å². The number of unbranched alkanes of at least 4 members (excludes halogenated alkanes) is 1. The van der Waals surface area contributed by atoms with Crippen molar-refractivity contribution in [3.05, 3.63) is 34.3 Å². The van der Waals surface area contributed by atoms with E-state index in [1.807, 2.05) is 6.92 Å². The molecule has 1 rings (SSSR count). The molecule has 0 aliphatic rings. The molecule has 1 aromatic carbocycles. The second-order valence-electron chi connectivity index (χ2n) is 3.82. The maximum Gasteiger partial charge on any atom is 0.233 e. The van der Waals surface area contributed by atoms with Crippen molar-refractivity contribution in [2.45, 2.75) is 39.0 Å². The third-order valence-corrected chi connectivity index (χ3v) is 2.71. The van der Waals surface area contributed by atoms with Crippen LogP contribution in [-0.4, -0.2) is 5.11 Å². The highest BCUT2D eigenvalue weighted by molar-refractivity contribution is 6.30. The second kappa shape index (κ2) is 4.95. The summed E-state index contributed by atoms with van der Waals surface area (Å²) in [6, 6.07) is 4.90. The van der Waals surface area contributed by atoms with Gasteiger partial charge >= 0.3 is 0 Å². The highest BCUT2D eigenvalue weighted by atomic mass is 35.5. The van der Waals surface area contributed by atoms with E-state index in [2.05, 4.69) is 0 Å². The van der Waals surface area contributed by atoms with Crippen LogP contribution in [0.25, 0.3) is 0 Å². The van der Waals surface area contributed by atoms with E-state index in [0.29, 0.717) is 11.4 Å². The largest absolute Gasteiger partial charge is 0.358 e. The molecule has 0 aliphatic heterocycles. The molecule has 0 saturated carbocycles. The van der Waals surface area contributed by atoms with Gasteiger partial charge in [-0.05, 0) is 31.0 Å². The number of hydrogen-bond donors (Lipinski definition) is 1. The number of aryl methyl sites for hydroxylation is 1. The average molecular weight is 231 g/mol. The van der Waals surface area contributed by atoms with Crippen LogP contribution in [0.5, 0.6) is 0 Å². The Morgan fingerprint density at radius 2 is 2.13 bits per heavy atom. The molecule has 3 heteroatoms. The normalized spacial score (nSPS) is 15.0. The van der Waals surface area contributed by atoms with E-state index in [1.54, 1.807) is 19.1 Å². The van der Waals surface area contributed by atoms with Crippen molar-refractivity contribution in [3.63, 3.8) is 0 Å². The Balaban J connectivity index is 2.97. The summed E-state index contributed by atoms with van der Waals surface area (Å²) < 4.78 is 13.9. The zero-order valence-corrected chi connectivity index (χ0v) is 9.81. The van der Waals surface area contributed by atoms with E-state index in [1.165, 1.54) is 6.07 Å². The topological polar surface area (TPSA) is 20.2 Å². The molecule has 1 aromatic rings. The maximum absolute atomic E-state index is 13.9. The van der Waals surface area contributed by atoms with Gasteiger partial charge in [0.15, 0.2) is 0 Å². The van der Waals surface area contributed by atoms with Gasteiger partial charge in [-0.2, -0.15) is 0 Å². The molecule has 0 heterocycles. The predicted molar refractivity (Wildman–Crippen MR) is 60.7 cm³/mol. The zero-order valence-electron chi connectivity index (χ0n) is 9.06. The molecular weight excluding hydrogens is 215 g/mol. The minimum atomic E-state index is -2.26. The maximum atomic E-state index is 13.9. The second-order valence-corrected chi connectivity index (χ2v) is 4.26. The summed E-state index contributed by atoms with van der Waals surface area (Å²) in [6.45, 7) is 3.73. The third-order valence-electron chi connectivity index (χ3n) is 2.47. The first-order valence-corrected chi connectivity index (χ1v) is 5.53. The Hall–Kier alpha value is -0.600. The van der Waals surface area contributed by atoms with Crippen LogP contribution in [0, 0.1) is 6.92 Å². The van der Waals surface area contributed by atoms with E-state index >= 15 is 0 Å². The fourth-order valence-electron chi connectivity index (χ4n) is 1.55. The number of aliphatic hydroxyl groups is 1. The first-order chi connectivity index (χ1) is 6.97. The number of hydrogen-bond acceptors (Lipinski definition) is 1. The molecule has 0 spiro atoms. The van der Waals surface area contributed by atoms with Crippen LogP contribution in [0.15, 0.2) is 18.2 Å². The molecule has 0 saturated heterocycles. The molecule has 0 amide bonds. The summed E-state index contributed by atoms with van der Waals surface area (Å²) >= 11 is 5.78. The summed E-state index contributed by atoms with van der Waals surface area (Å²) in [6.07, 6.45) is 1.62. The average Bonchev–Trinajstić information content (AvgIpc) is 2.18. The zero-order chi connectivity index (χ0) is 11.5. The SMILES string of the molecule is CCCCC(O)(F)c1cc(Cl)ccc1C. The van der Waals surface area contributed by atoms with Gasteiger partial charge in [0.2, 0.25) is 5.85 Å². The van der Waals surface area contributed by atoms with E-state index in [-0.39, 0.29) is 12.0 Å². The molecule has 0 bridgehead atoms. The van der Waals surface area contributed by atoms with Gasteiger partial charge in [0.25, 0.3) is 0 Å². The van der Waals surface area contributed by atoms with Crippen LogP contribution in [0.1, 0.15) is 37.3 Å². The lowest BCUT2D eigenvalue weighted by Gasteiger charge is -2.21. The molecule has 1 atom stereocenters. The van der Waals surface area contributed by atoms with Crippen molar-refractivity contribution in [2.75, 3.05) is 0 Å². The monoisotopic (exact) mass is 230 g/mol. The van der Waals surface area contributed by atoms with Gasteiger partial charge in [-0.25, -0.2) is 4.39 Å². The summed E-state index contributed by atoms with van der Waals surface area (Å²) in [5, 5.41) is 10.1. The lowest BCUT2D eigenvalue weighted by atomic mass is 9.97. The predicted octanol–water partition coefficient (Wildman–Crippen LogP) is 3.95. The molecule has 1 N–H and O–H groups in total. The molecule has 1 unspecified atom stereocenters. The Labute approximate surface area is 94.9 Å². The highest BCUT2D eigenvalue weighted by Crippen LogP contribution is 2.32. The van der Waals surface area contributed by atoms with Crippen molar-refractivity contribution in [3.8, 4) is 0 Å². The van der Waals surface area contributed by atoms with Crippen molar-refractivity contribution >= 4 is 11.6 Å². The first-order valence-electron chi connectivity index (χ1n) is 5.15. The van der Waals surface area contributed by atoms with Crippen molar-refractivity contribution in [1.29, 1.82) is 0 Å². The van der Waals surface area contributed by atoms with Gasteiger partial charge in [-0.1, -0.05) is 31.0 Å². The van der Waals surface area contributed by atoms with Crippen LogP contribution < -0.4 is 0 Å². The Morgan fingerprint density at radius 3 is 2.73 bits per heavy atom. The van der Waals surface area contributed by atoms with Crippen molar-refractivity contribution in [1.82, 2.24) is 0 Å². The number of benzene rings is 1. The first kappa shape index (κ1) is 12.5. The molecular formula is C12H16ClFO. The van der Waals surface area contributed by atoms with E-state index in [0.717, 1.165) is 12.0 Å². The summed E-state index contributed by atoms with van der Waals surface area (Å²) in [7, 11) is 0. The molecule has 0 aliphatic carbocycles. The summed E-state index contributed by atoms with van der Waals surface area (Å²) in [5.41, 5.74) is 1.00. The molecule has 0 fully saturated rings. The van der Waals surface area contributed by atoms with E-state index in [4.69, 9.17) is 11.6 Å². The van der Waals surface area contributed by atoms with Gasteiger partial charge in [-0.15, -0.1) is 0 Å². The smallest absolute Gasteiger partial charge is 0.233 e. The van der Waals surface area contributed by atoms with Gasteiger partial charge in [-0.3, -0.25) is 0 Å². The lowest BCUT2D eigenvalue weighted by molar-refractivity contribution is -0.104. The summed E-state index contributed by atoms with van der Waals surface area (Å²) in [4.78, 5) is 0. The molecule has 15 heavy (non-hydrogen) atoms. The van der Waals surface area contributed by atoms with E-state index < -0.39 is 5.85 Å². The highest BCUT2D eigenvalue weighted by Gasteiger charge is 2.29. The van der Waals surface area contributed by atoms with Gasteiger partial charge < -0.3 is 5.11 Å². The number of rotatable bonds is 4. The van der Waals surface area contributed by atoms with Gasteiger partial charge in [0.05, 0.1) is 0 Å². The van der Waals surface area contributed by atoms with Gasteiger partial charge in [0, 0.05) is 17.0 Å². The number of alkyl halides is 1. The summed E-state index contributed by atoms with van der Waals surface area (Å²) in [5.74, 6) is -2.26.